The van der Waals surface area contributed by atoms with E-state index in [2.05, 4.69) is 15.5 Å². The minimum atomic E-state index is -0.299. The fourth-order valence-corrected chi connectivity index (χ4v) is 4.33. The van der Waals surface area contributed by atoms with E-state index in [9.17, 15) is 14.4 Å². The lowest BCUT2D eigenvalue weighted by molar-refractivity contribution is -0.116. The molecule has 0 aliphatic carbocycles. The van der Waals surface area contributed by atoms with Crippen molar-refractivity contribution in [1.82, 2.24) is 15.1 Å². The highest BCUT2D eigenvalue weighted by atomic mass is 16.2. The third kappa shape index (κ3) is 8.23. The van der Waals surface area contributed by atoms with Gasteiger partial charge < -0.3 is 25.3 Å². The Morgan fingerprint density at radius 3 is 2.22 bits per heavy atom. The van der Waals surface area contributed by atoms with Crippen LogP contribution in [0.25, 0.3) is 0 Å². The molecule has 37 heavy (non-hydrogen) atoms. The quantitative estimate of drug-likeness (QED) is 0.575. The topological polar surface area (TPSA) is 85.0 Å². The van der Waals surface area contributed by atoms with Crippen molar-refractivity contribution in [3.05, 3.63) is 59.7 Å². The molecule has 3 rings (SSSR count). The molecule has 0 saturated carbocycles. The zero-order valence-corrected chi connectivity index (χ0v) is 23.0. The summed E-state index contributed by atoms with van der Waals surface area (Å²) in [5.74, 6) is 0.0492. The van der Waals surface area contributed by atoms with Gasteiger partial charge in [0.25, 0.3) is 5.91 Å². The van der Waals surface area contributed by atoms with Gasteiger partial charge in [-0.25, -0.2) is 4.79 Å². The Labute approximate surface area is 221 Å². The van der Waals surface area contributed by atoms with Crippen molar-refractivity contribution in [2.24, 2.45) is 5.92 Å². The number of hydrogen-bond donors (Lipinski definition) is 2. The van der Waals surface area contributed by atoms with E-state index in [1.165, 1.54) is 0 Å². The summed E-state index contributed by atoms with van der Waals surface area (Å²) in [6.07, 6.45) is 0.414. The Morgan fingerprint density at radius 1 is 0.973 bits per heavy atom. The monoisotopic (exact) mass is 507 g/mol. The SMILES string of the molecule is CC(C)CC(=O)Nc1ccc(N2CCN(C(=O)NC(C)(C)C)CC2)c(C(=O)N(C)Cc2ccccc2)c1. The van der Waals surface area contributed by atoms with Gasteiger partial charge >= 0.3 is 6.03 Å². The van der Waals surface area contributed by atoms with Gasteiger partial charge in [0.1, 0.15) is 0 Å². The Bertz CT molecular complexity index is 1090. The molecule has 1 aliphatic rings. The number of anilines is 2. The molecule has 1 aliphatic heterocycles. The van der Waals surface area contributed by atoms with Gasteiger partial charge in [0.05, 0.1) is 5.56 Å². The number of amides is 4. The van der Waals surface area contributed by atoms with E-state index in [0.717, 1.165) is 11.3 Å². The van der Waals surface area contributed by atoms with Gasteiger partial charge in [0.2, 0.25) is 5.91 Å². The first kappa shape index (κ1) is 28.0. The number of carbonyl (C=O) groups excluding carboxylic acids is 3. The second-order valence-electron chi connectivity index (χ2n) is 11.2. The van der Waals surface area contributed by atoms with Crippen LogP contribution in [0.15, 0.2) is 48.5 Å². The Balaban J connectivity index is 1.81. The minimum absolute atomic E-state index is 0.0720. The zero-order chi connectivity index (χ0) is 27.2. The van der Waals surface area contributed by atoms with Crippen LogP contribution in [0.3, 0.4) is 0 Å². The van der Waals surface area contributed by atoms with Crippen molar-refractivity contribution in [3.8, 4) is 0 Å². The van der Waals surface area contributed by atoms with Crippen molar-refractivity contribution in [2.75, 3.05) is 43.4 Å². The first-order valence-corrected chi connectivity index (χ1v) is 13.0. The number of carbonyl (C=O) groups is 3. The number of rotatable bonds is 7. The van der Waals surface area contributed by atoms with Crippen LogP contribution in [0, 0.1) is 5.92 Å². The first-order valence-electron chi connectivity index (χ1n) is 13.0. The van der Waals surface area contributed by atoms with Gasteiger partial charge in [0.15, 0.2) is 0 Å². The lowest BCUT2D eigenvalue weighted by atomic mass is 10.1. The normalized spacial score (nSPS) is 13.9. The molecule has 0 unspecified atom stereocenters. The third-order valence-electron chi connectivity index (χ3n) is 6.10. The average molecular weight is 508 g/mol. The van der Waals surface area contributed by atoms with Gasteiger partial charge in [-0.15, -0.1) is 0 Å². The summed E-state index contributed by atoms with van der Waals surface area (Å²) in [7, 11) is 1.79. The van der Waals surface area contributed by atoms with Crippen molar-refractivity contribution < 1.29 is 14.4 Å². The zero-order valence-electron chi connectivity index (χ0n) is 23.0. The van der Waals surface area contributed by atoms with Gasteiger partial charge in [-0.05, 0) is 50.5 Å². The molecule has 0 radical (unpaired) electrons. The highest BCUT2D eigenvalue weighted by molar-refractivity contribution is 6.02. The van der Waals surface area contributed by atoms with Gasteiger partial charge in [-0.2, -0.15) is 0 Å². The van der Waals surface area contributed by atoms with Gasteiger partial charge in [-0.1, -0.05) is 44.2 Å². The second kappa shape index (κ2) is 12.1. The second-order valence-corrected chi connectivity index (χ2v) is 11.2. The van der Waals surface area contributed by atoms with Gasteiger partial charge in [0, 0.05) is 63.1 Å². The summed E-state index contributed by atoms with van der Waals surface area (Å²) in [6, 6.07) is 15.3. The largest absolute Gasteiger partial charge is 0.367 e. The number of nitrogens with zero attached hydrogens (tertiary/aromatic N) is 3. The summed E-state index contributed by atoms with van der Waals surface area (Å²) < 4.78 is 0. The van der Waals surface area contributed by atoms with Crippen molar-refractivity contribution in [2.45, 2.75) is 53.1 Å². The predicted molar refractivity (Wildman–Crippen MR) is 149 cm³/mol. The van der Waals surface area contributed by atoms with E-state index >= 15 is 0 Å². The van der Waals surface area contributed by atoms with Crippen LogP contribution in [-0.2, 0) is 11.3 Å². The molecule has 0 spiro atoms. The van der Waals surface area contributed by atoms with E-state index in [0.29, 0.717) is 50.4 Å². The fraction of sp³-hybridized carbons (Fsp3) is 0.483. The van der Waals surface area contributed by atoms with Crippen LogP contribution >= 0.6 is 0 Å². The lowest BCUT2D eigenvalue weighted by Crippen LogP contribution is -2.55. The highest BCUT2D eigenvalue weighted by Crippen LogP contribution is 2.28. The first-order chi connectivity index (χ1) is 17.4. The molecule has 0 atom stereocenters. The molecule has 2 N–H and O–H groups in total. The molecule has 1 fully saturated rings. The van der Waals surface area contributed by atoms with E-state index in [4.69, 9.17) is 0 Å². The highest BCUT2D eigenvalue weighted by Gasteiger charge is 2.27. The maximum absolute atomic E-state index is 13.7. The number of benzene rings is 2. The summed E-state index contributed by atoms with van der Waals surface area (Å²) in [5, 5.41) is 5.96. The molecule has 1 heterocycles. The molecule has 1 saturated heterocycles. The van der Waals surface area contributed by atoms with Crippen LogP contribution in [-0.4, -0.2) is 66.4 Å². The Hall–Kier alpha value is -3.55. The predicted octanol–water partition coefficient (Wildman–Crippen LogP) is 4.57. The van der Waals surface area contributed by atoms with Crippen LogP contribution in [0.1, 0.15) is 57.0 Å². The maximum atomic E-state index is 13.7. The molecule has 0 bridgehead atoms. The molecule has 8 heteroatoms. The summed E-state index contributed by atoms with van der Waals surface area (Å²) in [4.78, 5) is 44.3. The average Bonchev–Trinajstić information content (AvgIpc) is 2.82. The van der Waals surface area contributed by atoms with E-state index < -0.39 is 0 Å². The van der Waals surface area contributed by atoms with Crippen LogP contribution < -0.4 is 15.5 Å². The number of urea groups is 1. The maximum Gasteiger partial charge on any atom is 0.317 e. The molecule has 200 valence electrons. The minimum Gasteiger partial charge on any atom is -0.367 e. The molecule has 4 amide bonds. The standard InChI is InChI=1S/C29H41N5O3/c1-21(2)18-26(35)30-23-12-13-25(33-14-16-34(17-15-33)28(37)31-29(3,4)5)24(19-23)27(36)32(6)20-22-10-8-7-9-11-22/h7-13,19,21H,14-18,20H2,1-6H3,(H,30,35)(H,31,37). The summed E-state index contributed by atoms with van der Waals surface area (Å²) in [5.41, 5.74) is 2.69. The van der Waals surface area contributed by atoms with Crippen LogP contribution in [0.2, 0.25) is 0 Å². The van der Waals surface area contributed by atoms with Crippen LogP contribution in [0.5, 0.6) is 0 Å². The fourth-order valence-electron chi connectivity index (χ4n) is 4.33. The third-order valence-corrected chi connectivity index (χ3v) is 6.10. The van der Waals surface area contributed by atoms with Gasteiger partial charge in [-0.3, -0.25) is 9.59 Å². The van der Waals surface area contributed by atoms with E-state index in [1.807, 2.05) is 82.0 Å². The van der Waals surface area contributed by atoms with Crippen molar-refractivity contribution in [1.29, 1.82) is 0 Å². The molecular formula is C29H41N5O3. The lowest BCUT2D eigenvalue weighted by Gasteiger charge is -2.38. The Kier molecular flexibility index (Phi) is 9.18. The molecule has 0 aromatic heterocycles. The number of piperazine rings is 1. The molecule has 2 aromatic carbocycles. The Morgan fingerprint density at radius 2 is 1.62 bits per heavy atom. The van der Waals surface area contributed by atoms with Crippen molar-refractivity contribution >= 4 is 29.2 Å². The van der Waals surface area contributed by atoms with Crippen molar-refractivity contribution in [3.63, 3.8) is 0 Å². The van der Waals surface area contributed by atoms with E-state index in [-0.39, 0.29) is 29.3 Å². The van der Waals surface area contributed by atoms with E-state index in [1.54, 1.807) is 18.0 Å². The summed E-state index contributed by atoms with van der Waals surface area (Å²) in [6.45, 7) is 12.7. The molecular weight excluding hydrogens is 466 g/mol. The number of nitrogens with one attached hydrogen (secondary N) is 2. The molecule has 8 nitrogen and oxygen atoms in total. The van der Waals surface area contributed by atoms with Crippen LogP contribution in [0.4, 0.5) is 16.2 Å². The smallest absolute Gasteiger partial charge is 0.317 e. The molecule has 2 aromatic rings. The number of hydrogen-bond acceptors (Lipinski definition) is 4. The summed E-state index contributed by atoms with van der Waals surface area (Å²) >= 11 is 0.